The molecule has 0 nitrogen and oxygen atoms in total. The van der Waals surface area contributed by atoms with Gasteiger partial charge in [0.05, 0.1) is 6.42 Å². The van der Waals surface area contributed by atoms with Crippen LogP contribution >= 0.6 is 0 Å². The fourth-order valence-corrected chi connectivity index (χ4v) is 0.779. The van der Waals surface area contributed by atoms with Crippen LogP contribution in [-0.2, 0) is 0 Å². The average Bonchev–Trinajstić information content (AvgIpc) is 2.01. The summed E-state index contributed by atoms with van der Waals surface area (Å²) in [6.45, 7) is 1.44. The zero-order valence-corrected chi connectivity index (χ0v) is 7.68. The summed E-state index contributed by atoms with van der Waals surface area (Å²) < 4.78 is 74.6. The fraction of sp³-hybridized carbons (Fsp3) is 0.750. The van der Waals surface area contributed by atoms with E-state index in [1.165, 1.54) is 0 Å². The molecule has 0 bridgehead atoms. The molecule has 0 saturated heterocycles. The summed E-state index contributed by atoms with van der Waals surface area (Å²) >= 11 is 0. The highest BCUT2D eigenvalue weighted by atomic mass is 19.3. The van der Waals surface area contributed by atoms with Crippen molar-refractivity contribution in [1.82, 2.24) is 0 Å². The standard InChI is InChI=1S/C8H10F6/c1-3-7(11,12)4-8(13,14)6(10)5(2)9/h3-4H2,1-2H3/b6-5+. The molecule has 0 aromatic carbocycles. The summed E-state index contributed by atoms with van der Waals surface area (Å²) in [5.74, 6) is -12.3. The lowest BCUT2D eigenvalue weighted by molar-refractivity contribution is -0.103. The van der Waals surface area contributed by atoms with Gasteiger partial charge in [-0.05, 0) is 6.92 Å². The summed E-state index contributed by atoms with van der Waals surface area (Å²) in [7, 11) is 0. The van der Waals surface area contributed by atoms with Crippen molar-refractivity contribution in [3.8, 4) is 0 Å². The highest BCUT2D eigenvalue weighted by Crippen LogP contribution is 2.39. The first-order valence-electron chi connectivity index (χ1n) is 3.90. The monoisotopic (exact) mass is 220 g/mol. The molecule has 0 atom stereocenters. The normalized spacial score (nSPS) is 15.4. The molecule has 0 radical (unpaired) electrons. The van der Waals surface area contributed by atoms with Crippen LogP contribution in [-0.4, -0.2) is 11.8 Å². The van der Waals surface area contributed by atoms with Gasteiger partial charge < -0.3 is 0 Å². The molecule has 0 N–H and O–H groups in total. The number of alkyl halides is 4. The Morgan fingerprint density at radius 3 is 1.79 bits per heavy atom. The van der Waals surface area contributed by atoms with E-state index in [1.54, 1.807) is 0 Å². The van der Waals surface area contributed by atoms with E-state index >= 15 is 0 Å². The minimum atomic E-state index is -4.45. The van der Waals surface area contributed by atoms with Crippen LogP contribution in [0.4, 0.5) is 26.3 Å². The molecule has 0 aliphatic rings. The van der Waals surface area contributed by atoms with Gasteiger partial charge in [0.1, 0.15) is 5.83 Å². The Morgan fingerprint density at radius 2 is 1.50 bits per heavy atom. The number of allylic oxidation sites excluding steroid dienone is 2. The largest absolute Gasteiger partial charge is 0.307 e. The summed E-state index contributed by atoms with van der Waals surface area (Å²) in [5, 5.41) is 0. The number of halogens is 6. The zero-order valence-electron chi connectivity index (χ0n) is 7.68. The van der Waals surface area contributed by atoms with Crippen LogP contribution in [0.2, 0.25) is 0 Å². The van der Waals surface area contributed by atoms with Crippen LogP contribution in [0.25, 0.3) is 0 Å². The Balaban J connectivity index is 4.74. The molecule has 0 aliphatic heterocycles. The topological polar surface area (TPSA) is 0 Å². The third kappa shape index (κ3) is 3.59. The minimum Gasteiger partial charge on any atom is -0.209 e. The maximum absolute atomic E-state index is 12.6. The summed E-state index contributed by atoms with van der Waals surface area (Å²) in [6.07, 6.45) is -2.86. The van der Waals surface area contributed by atoms with Crippen molar-refractivity contribution in [3.05, 3.63) is 11.7 Å². The molecule has 14 heavy (non-hydrogen) atoms. The van der Waals surface area contributed by atoms with Crippen molar-refractivity contribution in [1.29, 1.82) is 0 Å². The van der Waals surface area contributed by atoms with E-state index < -0.39 is 36.3 Å². The van der Waals surface area contributed by atoms with Crippen LogP contribution in [0.1, 0.15) is 26.7 Å². The molecule has 0 heterocycles. The Hall–Kier alpha value is -0.680. The molecule has 0 amide bonds. The molecule has 0 unspecified atom stereocenters. The van der Waals surface area contributed by atoms with Gasteiger partial charge in [-0.15, -0.1) is 0 Å². The molecule has 84 valence electrons. The van der Waals surface area contributed by atoms with Gasteiger partial charge in [-0.25, -0.2) is 17.6 Å². The van der Waals surface area contributed by atoms with E-state index in [9.17, 15) is 26.3 Å². The van der Waals surface area contributed by atoms with Gasteiger partial charge in [0.25, 0.3) is 5.92 Å². The summed E-state index contributed by atoms with van der Waals surface area (Å²) in [4.78, 5) is 0. The summed E-state index contributed by atoms with van der Waals surface area (Å²) in [5.41, 5.74) is 0. The lowest BCUT2D eigenvalue weighted by Gasteiger charge is -2.20. The van der Waals surface area contributed by atoms with Gasteiger partial charge in [0.2, 0.25) is 5.83 Å². The van der Waals surface area contributed by atoms with E-state index in [0.29, 0.717) is 6.92 Å². The fourth-order valence-electron chi connectivity index (χ4n) is 0.779. The first kappa shape index (κ1) is 13.3. The van der Waals surface area contributed by atoms with Crippen molar-refractivity contribution in [2.45, 2.75) is 38.5 Å². The lowest BCUT2D eigenvalue weighted by Crippen LogP contribution is -2.29. The van der Waals surface area contributed by atoms with Crippen molar-refractivity contribution >= 4 is 0 Å². The molecular weight excluding hydrogens is 210 g/mol. The molecule has 0 aromatic heterocycles. The van der Waals surface area contributed by atoms with E-state index in [0.717, 1.165) is 6.92 Å². The average molecular weight is 220 g/mol. The quantitative estimate of drug-likeness (QED) is 0.622. The van der Waals surface area contributed by atoms with Crippen LogP contribution in [0.15, 0.2) is 11.7 Å². The van der Waals surface area contributed by atoms with Crippen LogP contribution in [0, 0.1) is 0 Å². The SMILES string of the molecule is CCC(F)(F)CC(F)(F)/C(F)=C(/C)F. The Bertz CT molecular complexity index is 226. The molecule has 0 rings (SSSR count). The van der Waals surface area contributed by atoms with Crippen molar-refractivity contribution in [2.75, 3.05) is 0 Å². The Morgan fingerprint density at radius 1 is 1.07 bits per heavy atom. The summed E-state index contributed by atoms with van der Waals surface area (Å²) in [6, 6.07) is 0. The van der Waals surface area contributed by atoms with E-state index in [2.05, 4.69) is 0 Å². The Kier molecular flexibility index (Phi) is 4.02. The van der Waals surface area contributed by atoms with Gasteiger partial charge in [-0.1, -0.05) is 6.92 Å². The van der Waals surface area contributed by atoms with Crippen molar-refractivity contribution in [3.63, 3.8) is 0 Å². The van der Waals surface area contributed by atoms with Gasteiger partial charge in [-0.2, -0.15) is 8.78 Å². The number of rotatable bonds is 4. The van der Waals surface area contributed by atoms with Gasteiger partial charge in [0, 0.05) is 6.42 Å². The number of hydrogen-bond acceptors (Lipinski definition) is 0. The first-order chi connectivity index (χ1) is 6.12. The highest BCUT2D eigenvalue weighted by Gasteiger charge is 2.46. The maximum atomic E-state index is 12.6. The molecule has 0 spiro atoms. The van der Waals surface area contributed by atoms with Crippen LogP contribution < -0.4 is 0 Å². The van der Waals surface area contributed by atoms with Gasteiger partial charge >= 0.3 is 5.92 Å². The second-order valence-corrected chi connectivity index (χ2v) is 2.94. The highest BCUT2D eigenvalue weighted by molar-refractivity contribution is 5.08. The predicted octanol–water partition coefficient (Wildman–Crippen LogP) is 4.23. The molecule has 0 fully saturated rings. The third-order valence-electron chi connectivity index (χ3n) is 1.62. The smallest absolute Gasteiger partial charge is 0.209 e. The van der Waals surface area contributed by atoms with Crippen molar-refractivity contribution < 1.29 is 26.3 Å². The number of hydrogen-bond donors (Lipinski definition) is 0. The second-order valence-electron chi connectivity index (χ2n) is 2.94. The van der Waals surface area contributed by atoms with Crippen LogP contribution in [0.5, 0.6) is 0 Å². The zero-order chi connectivity index (χ0) is 11.6. The van der Waals surface area contributed by atoms with E-state index in [-0.39, 0.29) is 0 Å². The molecular formula is C8H10F6. The van der Waals surface area contributed by atoms with E-state index in [1.807, 2.05) is 0 Å². The minimum absolute atomic E-state index is 0.452. The molecule has 0 aliphatic carbocycles. The first-order valence-corrected chi connectivity index (χ1v) is 3.90. The van der Waals surface area contributed by atoms with Gasteiger partial charge in [0.15, 0.2) is 0 Å². The lowest BCUT2D eigenvalue weighted by atomic mass is 10.1. The van der Waals surface area contributed by atoms with Crippen LogP contribution in [0.3, 0.4) is 0 Å². The molecule has 0 saturated carbocycles. The van der Waals surface area contributed by atoms with E-state index in [4.69, 9.17) is 0 Å². The maximum Gasteiger partial charge on any atom is 0.307 e. The van der Waals surface area contributed by atoms with Gasteiger partial charge in [-0.3, -0.25) is 0 Å². The molecule has 0 aromatic rings. The Labute approximate surface area is 77.6 Å². The van der Waals surface area contributed by atoms with Crippen molar-refractivity contribution in [2.24, 2.45) is 0 Å². The second kappa shape index (κ2) is 4.23. The predicted molar refractivity (Wildman–Crippen MR) is 39.7 cm³/mol. The molecule has 6 heteroatoms. The third-order valence-corrected chi connectivity index (χ3v) is 1.62.